The number of hydrogen-bond donors (Lipinski definition) is 1. The number of aromatic nitrogens is 1. The first-order chi connectivity index (χ1) is 14.4. The van der Waals surface area contributed by atoms with Gasteiger partial charge in [0, 0.05) is 25.8 Å². The van der Waals surface area contributed by atoms with Crippen molar-refractivity contribution >= 4 is 11.8 Å². The van der Waals surface area contributed by atoms with Crippen LogP contribution in [-0.2, 0) is 14.3 Å². The summed E-state index contributed by atoms with van der Waals surface area (Å²) in [6.45, 7) is 3.49. The Hall–Kier alpha value is -3.13. The minimum atomic E-state index is -0.756. The minimum absolute atomic E-state index is 0.135. The van der Waals surface area contributed by atoms with Crippen molar-refractivity contribution in [3.8, 4) is 17.2 Å². The van der Waals surface area contributed by atoms with Crippen molar-refractivity contribution in [3.05, 3.63) is 48.3 Å². The first kappa shape index (κ1) is 23.2. The summed E-state index contributed by atoms with van der Waals surface area (Å²) in [7, 11) is 2.87. The van der Waals surface area contributed by atoms with Crippen LogP contribution < -0.4 is 9.47 Å². The van der Waals surface area contributed by atoms with Gasteiger partial charge in [-0.1, -0.05) is 25.1 Å². The zero-order valence-electron chi connectivity index (χ0n) is 17.5. The number of ketones is 1. The quantitative estimate of drug-likeness (QED) is 0.439. The Balaban J connectivity index is 2.00. The minimum Gasteiger partial charge on any atom is -0.503 e. The number of Topliss-reactive ketones (excluding diaryl/α,β-unsaturated/α-hetero) is 1. The summed E-state index contributed by atoms with van der Waals surface area (Å²) < 4.78 is 21.5. The third kappa shape index (κ3) is 6.18. The van der Waals surface area contributed by atoms with Crippen molar-refractivity contribution in [1.82, 2.24) is 4.98 Å². The summed E-state index contributed by atoms with van der Waals surface area (Å²) >= 11 is 0. The third-order valence-electron chi connectivity index (χ3n) is 4.45. The number of nitrogens with zero attached hydrogens (tertiary/aromatic N) is 1. The van der Waals surface area contributed by atoms with Gasteiger partial charge in [-0.3, -0.25) is 9.59 Å². The largest absolute Gasteiger partial charge is 0.503 e. The molecule has 0 bridgehead atoms. The summed E-state index contributed by atoms with van der Waals surface area (Å²) in [5.74, 6) is -1.40. The summed E-state index contributed by atoms with van der Waals surface area (Å²) in [6.07, 6.45) is 0.0403. The fourth-order valence-corrected chi connectivity index (χ4v) is 2.75. The predicted octanol–water partition coefficient (Wildman–Crippen LogP) is 3.03. The van der Waals surface area contributed by atoms with Gasteiger partial charge in [-0.2, -0.15) is 0 Å². The number of para-hydroxylation sites is 1. The second-order valence-corrected chi connectivity index (χ2v) is 6.81. The summed E-state index contributed by atoms with van der Waals surface area (Å²) in [5, 5.41) is 10.1. The maximum atomic E-state index is 12.6. The molecule has 0 unspecified atom stereocenters. The highest BCUT2D eigenvalue weighted by Gasteiger charge is 2.28. The number of carbonyl (C=O) groups is 2. The van der Waals surface area contributed by atoms with Gasteiger partial charge in [0.05, 0.1) is 19.6 Å². The lowest BCUT2D eigenvalue weighted by atomic mass is 10.0. The fourth-order valence-electron chi connectivity index (χ4n) is 2.75. The van der Waals surface area contributed by atoms with Gasteiger partial charge in [0.15, 0.2) is 29.1 Å². The molecular weight excluding hydrogens is 390 g/mol. The van der Waals surface area contributed by atoms with E-state index in [1.54, 1.807) is 26.0 Å². The lowest BCUT2D eigenvalue weighted by Gasteiger charge is -2.25. The number of ether oxygens (including phenoxy) is 4. The number of carbonyl (C=O) groups excluding carboxylic acids is 2. The molecule has 0 aliphatic rings. The summed E-state index contributed by atoms with van der Waals surface area (Å²) in [4.78, 5) is 29.0. The smallest absolute Gasteiger partial charge is 0.309 e. The maximum Gasteiger partial charge on any atom is 0.309 e. The van der Waals surface area contributed by atoms with Crippen molar-refractivity contribution in [2.24, 2.45) is 5.92 Å². The molecule has 1 aromatic heterocycles. The van der Waals surface area contributed by atoms with Crippen molar-refractivity contribution in [2.45, 2.75) is 32.5 Å². The Morgan fingerprint density at radius 3 is 2.43 bits per heavy atom. The van der Waals surface area contributed by atoms with E-state index in [9.17, 15) is 14.7 Å². The molecule has 0 saturated carbocycles. The fraction of sp³-hybridized carbons (Fsp3) is 0.409. The lowest BCUT2D eigenvalue weighted by Crippen LogP contribution is -2.38. The molecule has 30 heavy (non-hydrogen) atoms. The van der Waals surface area contributed by atoms with Gasteiger partial charge >= 0.3 is 5.97 Å². The third-order valence-corrected chi connectivity index (χ3v) is 4.45. The van der Waals surface area contributed by atoms with Gasteiger partial charge in [-0.05, 0) is 19.1 Å². The predicted molar refractivity (Wildman–Crippen MR) is 109 cm³/mol. The number of rotatable bonds is 11. The van der Waals surface area contributed by atoms with E-state index < -0.39 is 29.9 Å². The van der Waals surface area contributed by atoms with Gasteiger partial charge in [0.2, 0.25) is 0 Å². The molecule has 0 fully saturated rings. The normalized spacial score (nSPS) is 13.7. The zero-order chi connectivity index (χ0) is 22.1. The van der Waals surface area contributed by atoms with E-state index in [2.05, 4.69) is 4.98 Å². The van der Waals surface area contributed by atoms with Crippen LogP contribution in [0.3, 0.4) is 0 Å². The van der Waals surface area contributed by atoms with Gasteiger partial charge in [0.25, 0.3) is 0 Å². The molecule has 8 nitrogen and oxygen atoms in total. The molecule has 162 valence electrons. The lowest BCUT2D eigenvalue weighted by molar-refractivity contribution is -0.161. The Morgan fingerprint density at radius 1 is 1.10 bits per heavy atom. The first-order valence-corrected chi connectivity index (χ1v) is 9.53. The molecule has 2 rings (SSSR count). The maximum absolute atomic E-state index is 12.6. The van der Waals surface area contributed by atoms with Crippen LogP contribution in [0, 0.1) is 5.92 Å². The molecular formula is C22H27NO7. The van der Waals surface area contributed by atoms with Crippen LogP contribution >= 0.6 is 0 Å². The number of methoxy groups -OCH3 is 2. The van der Waals surface area contributed by atoms with Crippen LogP contribution in [0.4, 0.5) is 0 Å². The topological polar surface area (TPSA) is 104 Å². The molecule has 0 aliphatic heterocycles. The van der Waals surface area contributed by atoms with Gasteiger partial charge in [0.1, 0.15) is 11.9 Å². The van der Waals surface area contributed by atoms with Crippen LogP contribution in [0.25, 0.3) is 0 Å². The Kier molecular flexibility index (Phi) is 8.61. The molecule has 1 aromatic carbocycles. The number of pyridine rings is 1. The molecule has 1 N–H and O–H groups in total. The van der Waals surface area contributed by atoms with E-state index >= 15 is 0 Å². The second-order valence-electron chi connectivity index (χ2n) is 6.81. The van der Waals surface area contributed by atoms with E-state index in [1.807, 2.05) is 18.2 Å². The molecule has 0 spiro atoms. The highest BCUT2D eigenvalue weighted by Crippen LogP contribution is 2.29. The average molecular weight is 417 g/mol. The van der Waals surface area contributed by atoms with Gasteiger partial charge in [-0.25, -0.2) is 4.98 Å². The average Bonchev–Trinajstić information content (AvgIpc) is 2.74. The van der Waals surface area contributed by atoms with Gasteiger partial charge in [-0.15, -0.1) is 0 Å². The van der Waals surface area contributed by atoms with Crippen molar-refractivity contribution in [3.63, 3.8) is 0 Å². The van der Waals surface area contributed by atoms with E-state index in [0.717, 1.165) is 0 Å². The van der Waals surface area contributed by atoms with Crippen LogP contribution in [0.2, 0.25) is 0 Å². The van der Waals surface area contributed by atoms with E-state index in [4.69, 9.17) is 18.9 Å². The van der Waals surface area contributed by atoms with Crippen LogP contribution in [-0.4, -0.2) is 54.9 Å². The highest BCUT2D eigenvalue weighted by atomic mass is 16.6. The van der Waals surface area contributed by atoms with E-state index in [-0.39, 0.29) is 30.2 Å². The second kappa shape index (κ2) is 11.2. The van der Waals surface area contributed by atoms with E-state index in [0.29, 0.717) is 5.75 Å². The summed E-state index contributed by atoms with van der Waals surface area (Å²) in [6, 6.07) is 10.6. The van der Waals surface area contributed by atoms with E-state index in [1.165, 1.54) is 26.5 Å². The Labute approximate surface area is 175 Å². The van der Waals surface area contributed by atoms with Crippen LogP contribution in [0.15, 0.2) is 42.6 Å². The molecule has 2 aromatic rings. The molecule has 8 heteroatoms. The molecule has 3 atom stereocenters. The molecule has 0 aliphatic carbocycles. The monoisotopic (exact) mass is 417 g/mol. The standard InChI is InChI=1S/C22H27NO7/c1-14(12-17(24)20-21(25)18(28-4)10-11-23-20)22(26)30-19(13-27-3)15(2)29-16-8-6-5-7-9-16/h5-11,14-15,19,25H,12-13H2,1-4H3/t14-,15+,19-/m1/s1. The SMILES string of the molecule is COC[C@@H](OC(=O)[C@H](C)CC(=O)c1nccc(OC)c1O)[C@H](C)Oc1ccccc1. The molecule has 0 amide bonds. The summed E-state index contributed by atoms with van der Waals surface area (Å²) in [5.41, 5.74) is -0.150. The molecule has 0 radical (unpaired) electrons. The Bertz CT molecular complexity index is 841. The highest BCUT2D eigenvalue weighted by molar-refractivity contribution is 5.99. The van der Waals surface area contributed by atoms with Crippen molar-refractivity contribution in [1.29, 1.82) is 0 Å². The van der Waals surface area contributed by atoms with Crippen LogP contribution in [0.5, 0.6) is 17.2 Å². The van der Waals surface area contributed by atoms with Crippen LogP contribution in [0.1, 0.15) is 30.8 Å². The number of aromatic hydroxyl groups is 1. The zero-order valence-corrected chi connectivity index (χ0v) is 17.5. The van der Waals surface area contributed by atoms with Gasteiger partial charge < -0.3 is 24.1 Å². The number of esters is 1. The first-order valence-electron chi connectivity index (χ1n) is 9.53. The Morgan fingerprint density at radius 2 is 1.80 bits per heavy atom. The number of benzene rings is 1. The van der Waals surface area contributed by atoms with Crippen molar-refractivity contribution < 1.29 is 33.6 Å². The number of hydrogen-bond acceptors (Lipinski definition) is 8. The molecule has 1 heterocycles. The van der Waals surface area contributed by atoms with Crippen molar-refractivity contribution in [2.75, 3.05) is 20.8 Å². The molecule has 0 saturated heterocycles.